The third kappa shape index (κ3) is 6.06. The smallest absolute Gasteiger partial charge is 0.410 e. The second-order valence-electron chi connectivity index (χ2n) is 11.2. The lowest BCUT2D eigenvalue weighted by Gasteiger charge is -2.46. The van der Waals surface area contributed by atoms with Crippen molar-refractivity contribution in [2.75, 3.05) is 39.3 Å². The molecule has 4 heterocycles. The van der Waals surface area contributed by atoms with Gasteiger partial charge in [0, 0.05) is 38.6 Å². The molecule has 4 rings (SSSR count). The molecule has 0 unspecified atom stereocenters. The van der Waals surface area contributed by atoms with E-state index >= 15 is 0 Å². The van der Waals surface area contributed by atoms with Gasteiger partial charge in [0.25, 0.3) is 0 Å². The van der Waals surface area contributed by atoms with E-state index in [4.69, 9.17) is 23.7 Å². The molecule has 4 fully saturated rings. The van der Waals surface area contributed by atoms with Crippen molar-refractivity contribution in [2.24, 2.45) is 0 Å². The minimum Gasteiger partial charge on any atom is -0.457 e. The van der Waals surface area contributed by atoms with Crippen LogP contribution in [0.3, 0.4) is 0 Å². The van der Waals surface area contributed by atoms with Crippen molar-refractivity contribution in [3.63, 3.8) is 0 Å². The van der Waals surface area contributed by atoms with E-state index in [9.17, 15) is 19.6 Å². The Morgan fingerprint density at radius 1 is 1.13 bits per heavy atom. The number of ether oxygens (including phenoxy) is 5. The number of hydrogen-bond donors (Lipinski definition) is 0. The Bertz CT molecular complexity index is 944. The first-order valence-electron chi connectivity index (χ1n) is 13.5. The van der Waals surface area contributed by atoms with Crippen LogP contribution >= 0.6 is 0 Å². The number of carbonyl (C=O) groups is 3. The Hall–Kier alpha value is -2.46. The van der Waals surface area contributed by atoms with Gasteiger partial charge in [0.05, 0.1) is 12.7 Å². The summed E-state index contributed by atoms with van der Waals surface area (Å²) >= 11 is 0. The summed E-state index contributed by atoms with van der Waals surface area (Å²) in [6, 6.07) is 1.74. The van der Waals surface area contributed by atoms with Crippen molar-refractivity contribution in [1.29, 1.82) is 5.26 Å². The van der Waals surface area contributed by atoms with Crippen LogP contribution in [0.5, 0.6) is 0 Å². The Morgan fingerprint density at radius 3 is 2.47 bits per heavy atom. The molecule has 212 valence electrons. The summed E-state index contributed by atoms with van der Waals surface area (Å²) in [6.45, 7) is 11.1. The van der Waals surface area contributed by atoms with Crippen LogP contribution in [0.25, 0.3) is 0 Å². The predicted molar refractivity (Wildman–Crippen MR) is 132 cm³/mol. The average Bonchev–Trinajstić information content (AvgIpc) is 3.52. The van der Waals surface area contributed by atoms with Gasteiger partial charge in [-0.15, -0.1) is 0 Å². The van der Waals surface area contributed by atoms with Gasteiger partial charge in [0.15, 0.2) is 24.3 Å². The molecule has 0 bridgehead atoms. The highest BCUT2D eigenvalue weighted by atomic mass is 16.8. The summed E-state index contributed by atoms with van der Waals surface area (Å²) in [5, 5.41) is 9.39. The van der Waals surface area contributed by atoms with Crippen LogP contribution in [0, 0.1) is 11.3 Å². The van der Waals surface area contributed by atoms with Crippen LogP contribution in [0.2, 0.25) is 0 Å². The molecule has 4 aliphatic heterocycles. The van der Waals surface area contributed by atoms with Crippen molar-refractivity contribution >= 4 is 18.0 Å². The van der Waals surface area contributed by atoms with Gasteiger partial charge in [0.1, 0.15) is 18.7 Å². The fourth-order valence-corrected chi connectivity index (χ4v) is 5.87. The quantitative estimate of drug-likeness (QED) is 0.442. The van der Waals surface area contributed by atoms with E-state index in [0.29, 0.717) is 45.4 Å². The number of rotatable bonds is 7. The lowest BCUT2D eigenvalue weighted by atomic mass is 9.87. The molecule has 12 heteroatoms. The van der Waals surface area contributed by atoms with E-state index in [1.807, 2.05) is 6.92 Å². The highest BCUT2D eigenvalue weighted by molar-refractivity contribution is 5.83. The van der Waals surface area contributed by atoms with Gasteiger partial charge in [-0.3, -0.25) is 14.5 Å². The van der Waals surface area contributed by atoms with E-state index in [1.165, 1.54) is 11.8 Å². The number of amides is 2. The summed E-state index contributed by atoms with van der Waals surface area (Å²) < 4.78 is 28.8. The first-order chi connectivity index (χ1) is 18.0. The topological polar surface area (TPSA) is 131 Å². The number of fused-ring (bicyclic) bond motifs is 1. The third-order valence-electron chi connectivity index (χ3n) is 7.92. The fraction of sp³-hybridized carbons (Fsp3) is 0.846. The molecule has 0 aromatic rings. The molecule has 0 saturated carbocycles. The summed E-state index contributed by atoms with van der Waals surface area (Å²) in [6.07, 6.45) is 0.0124. The van der Waals surface area contributed by atoms with E-state index in [0.717, 1.165) is 6.42 Å². The van der Waals surface area contributed by atoms with Crippen molar-refractivity contribution in [3.05, 3.63) is 0 Å². The zero-order chi connectivity index (χ0) is 27.7. The molecular formula is C26H40N4O8. The second-order valence-corrected chi connectivity index (χ2v) is 11.2. The Morgan fingerprint density at radius 2 is 1.84 bits per heavy atom. The van der Waals surface area contributed by atoms with Crippen LogP contribution in [0.1, 0.15) is 60.3 Å². The molecule has 38 heavy (non-hydrogen) atoms. The molecule has 0 aromatic heterocycles. The monoisotopic (exact) mass is 536 g/mol. The van der Waals surface area contributed by atoms with Crippen molar-refractivity contribution in [3.8, 4) is 6.07 Å². The Kier molecular flexibility index (Phi) is 8.52. The largest absolute Gasteiger partial charge is 0.457 e. The number of nitriles is 1. The molecule has 4 aliphatic rings. The van der Waals surface area contributed by atoms with E-state index in [-0.39, 0.29) is 19.1 Å². The summed E-state index contributed by atoms with van der Waals surface area (Å²) in [5.41, 5.74) is -0.598. The van der Waals surface area contributed by atoms with Crippen molar-refractivity contribution < 1.29 is 38.1 Å². The van der Waals surface area contributed by atoms with Crippen LogP contribution in [0.4, 0.5) is 4.79 Å². The molecule has 0 radical (unpaired) electrons. The number of esters is 1. The van der Waals surface area contributed by atoms with E-state index in [1.54, 1.807) is 25.7 Å². The first-order valence-corrected chi connectivity index (χ1v) is 13.5. The minimum atomic E-state index is -0.818. The summed E-state index contributed by atoms with van der Waals surface area (Å²) in [4.78, 5) is 43.2. The van der Waals surface area contributed by atoms with Crippen LogP contribution in [-0.2, 0) is 33.3 Å². The van der Waals surface area contributed by atoms with Gasteiger partial charge in [-0.05, 0) is 53.4 Å². The maximum Gasteiger partial charge on any atom is 0.410 e. The lowest BCUT2D eigenvalue weighted by Crippen LogP contribution is -2.59. The van der Waals surface area contributed by atoms with Gasteiger partial charge in [0.2, 0.25) is 5.91 Å². The molecule has 0 aliphatic carbocycles. The highest BCUT2D eigenvalue weighted by Gasteiger charge is 2.56. The molecule has 2 amide bonds. The molecule has 12 nitrogen and oxygen atoms in total. The molecule has 5 atom stereocenters. The maximum atomic E-state index is 13.1. The number of hydrogen-bond acceptors (Lipinski definition) is 10. The van der Waals surface area contributed by atoms with Gasteiger partial charge in [-0.1, -0.05) is 0 Å². The maximum absolute atomic E-state index is 13.1. The Balaban J connectivity index is 1.39. The Labute approximate surface area is 224 Å². The number of carbonyl (C=O) groups excluding carboxylic acids is 3. The van der Waals surface area contributed by atoms with Crippen molar-refractivity contribution in [1.82, 2.24) is 14.7 Å². The molecule has 0 spiro atoms. The van der Waals surface area contributed by atoms with Gasteiger partial charge >= 0.3 is 12.1 Å². The summed E-state index contributed by atoms with van der Waals surface area (Å²) in [5.74, 6) is -1.46. The lowest BCUT2D eigenvalue weighted by molar-refractivity contribution is -0.220. The fourth-order valence-electron chi connectivity index (χ4n) is 5.87. The third-order valence-corrected chi connectivity index (χ3v) is 7.92. The average molecular weight is 537 g/mol. The number of nitrogens with zero attached hydrogens (tertiary/aromatic N) is 4. The highest BCUT2D eigenvalue weighted by Crippen LogP contribution is 2.39. The SMILES string of the molecule is CCOC(=O)N(CC(=O)N1CCC[C@H]1C#N)C1(C)CCN(C[C@H]2O[C@@H]3OC(C)(C)O[C@@H]3[C@H]2OC(C)=O)CC1. The number of piperidine rings is 1. The molecular weight excluding hydrogens is 496 g/mol. The van der Waals surface area contributed by atoms with Crippen LogP contribution in [0.15, 0.2) is 0 Å². The predicted octanol–water partition coefficient (Wildman–Crippen LogP) is 1.62. The van der Waals surface area contributed by atoms with Gasteiger partial charge in [-0.2, -0.15) is 5.26 Å². The molecule has 4 saturated heterocycles. The van der Waals surface area contributed by atoms with Crippen LogP contribution < -0.4 is 0 Å². The van der Waals surface area contributed by atoms with Crippen LogP contribution in [-0.4, -0.2) is 114 Å². The summed E-state index contributed by atoms with van der Waals surface area (Å²) in [7, 11) is 0. The van der Waals surface area contributed by atoms with Crippen molar-refractivity contribution in [2.45, 2.75) is 102 Å². The standard InChI is InChI=1S/C26H40N4O8/c1-6-34-24(33)30(16-20(32)29-11-7-8-18(29)14-27)26(5)9-12-28(13-10-26)15-19-21(35-17(2)31)22-23(36-19)38-25(3,4)37-22/h18-19,21-23H,6-13,15-16H2,1-5H3/t18-,19+,21-,22+,23+/m0/s1. The van der Waals surface area contributed by atoms with Gasteiger partial charge in [-0.25, -0.2) is 4.79 Å². The normalized spacial score (nSPS) is 31.9. The molecule has 0 N–H and O–H groups in total. The minimum absolute atomic E-state index is 0.123. The zero-order valence-electron chi connectivity index (χ0n) is 23.0. The van der Waals surface area contributed by atoms with Gasteiger partial charge < -0.3 is 33.5 Å². The number of likely N-dealkylation sites (tertiary alicyclic amines) is 2. The first kappa shape index (κ1) is 28.5. The second kappa shape index (κ2) is 11.3. The van der Waals surface area contributed by atoms with E-state index in [2.05, 4.69) is 11.0 Å². The van der Waals surface area contributed by atoms with E-state index < -0.39 is 54.0 Å². The molecule has 0 aromatic carbocycles. The zero-order valence-corrected chi connectivity index (χ0v) is 23.0.